The molecular formula is C26H24N2O5. The third-order valence-corrected chi connectivity index (χ3v) is 5.65. The van der Waals surface area contributed by atoms with Crippen LogP contribution in [0.5, 0.6) is 5.75 Å². The number of nitro groups is 1. The first kappa shape index (κ1) is 22.1. The molecule has 3 aromatic rings. The summed E-state index contributed by atoms with van der Waals surface area (Å²) in [5.74, 6) is 0.447. The number of non-ortho nitro benzene ring substituents is 1. The van der Waals surface area contributed by atoms with Gasteiger partial charge in [-0.3, -0.25) is 10.1 Å². The van der Waals surface area contributed by atoms with Crippen LogP contribution in [0.4, 0.5) is 10.5 Å². The summed E-state index contributed by atoms with van der Waals surface area (Å²) in [5, 5.41) is 13.6. The first-order valence-corrected chi connectivity index (χ1v) is 10.7. The topological polar surface area (TPSA) is 90.7 Å². The summed E-state index contributed by atoms with van der Waals surface area (Å²) >= 11 is 0. The predicted molar refractivity (Wildman–Crippen MR) is 126 cm³/mol. The van der Waals surface area contributed by atoms with E-state index in [4.69, 9.17) is 9.47 Å². The quantitative estimate of drug-likeness (QED) is 0.280. The summed E-state index contributed by atoms with van der Waals surface area (Å²) in [7, 11) is 1.47. The first-order chi connectivity index (χ1) is 16.1. The predicted octanol–water partition coefficient (Wildman–Crippen LogP) is 5.55. The van der Waals surface area contributed by atoms with Crippen molar-refractivity contribution < 1.29 is 19.2 Å². The van der Waals surface area contributed by atoms with Gasteiger partial charge in [0, 0.05) is 24.1 Å². The molecule has 0 fully saturated rings. The Morgan fingerprint density at radius 1 is 1.06 bits per heavy atom. The van der Waals surface area contributed by atoms with Gasteiger partial charge in [0.15, 0.2) is 0 Å². The van der Waals surface area contributed by atoms with Gasteiger partial charge >= 0.3 is 6.09 Å². The molecule has 33 heavy (non-hydrogen) atoms. The normalized spacial score (nSPS) is 12.3. The lowest BCUT2D eigenvalue weighted by Crippen LogP contribution is -2.26. The van der Waals surface area contributed by atoms with Crippen molar-refractivity contribution in [2.24, 2.45) is 0 Å². The van der Waals surface area contributed by atoms with Crippen LogP contribution in [0.15, 0.2) is 72.8 Å². The number of hydrogen-bond acceptors (Lipinski definition) is 5. The molecule has 1 aliphatic carbocycles. The number of fused-ring (bicyclic) bond motifs is 3. The molecule has 0 heterocycles. The van der Waals surface area contributed by atoms with Crippen molar-refractivity contribution in [1.29, 1.82) is 0 Å². The van der Waals surface area contributed by atoms with Gasteiger partial charge in [-0.05, 0) is 34.7 Å². The van der Waals surface area contributed by atoms with Crippen molar-refractivity contribution in [2.45, 2.75) is 12.3 Å². The van der Waals surface area contributed by atoms with Gasteiger partial charge in [-0.1, -0.05) is 60.7 Å². The maximum absolute atomic E-state index is 12.2. The molecular weight excluding hydrogens is 420 g/mol. The fraction of sp³-hybridized carbons (Fsp3) is 0.192. The van der Waals surface area contributed by atoms with Gasteiger partial charge in [-0.15, -0.1) is 0 Å². The first-order valence-electron chi connectivity index (χ1n) is 10.7. The summed E-state index contributed by atoms with van der Waals surface area (Å²) in [5.41, 5.74) is 5.42. The Labute approximate surface area is 191 Å². The van der Waals surface area contributed by atoms with Crippen LogP contribution in [0.1, 0.15) is 29.0 Å². The fourth-order valence-corrected chi connectivity index (χ4v) is 4.07. The van der Waals surface area contributed by atoms with Crippen molar-refractivity contribution in [3.05, 3.63) is 99.6 Å². The summed E-state index contributed by atoms with van der Waals surface area (Å²) < 4.78 is 10.7. The Bertz CT molecular complexity index is 1160. The minimum Gasteiger partial charge on any atom is -0.496 e. The van der Waals surface area contributed by atoms with Crippen molar-refractivity contribution >= 4 is 17.9 Å². The second-order valence-electron chi connectivity index (χ2n) is 7.63. The van der Waals surface area contributed by atoms with Crippen LogP contribution >= 0.6 is 0 Å². The standard InChI is InChI=1S/C26H24N2O5/c1-32-25-16-19(28(30)31)14-13-18(25)8-6-7-15-27-26(29)33-17-24-22-11-4-2-9-20(22)21-10-3-5-12-23(21)24/h2-6,8-14,16,24H,7,15,17H2,1H3,(H,27,29). The Morgan fingerprint density at radius 2 is 1.73 bits per heavy atom. The van der Waals surface area contributed by atoms with Crippen LogP contribution in [0.2, 0.25) is 0 Å². The molecule has 0 spiro atoms. The fourth-order valence-electron chi connectivity index (χ4n) is 4.07. The average molecular weight is 444 g/mol. The average Bonchev–Trinajstić information content (AvgIpc) is 3.16. The molecule has 3 aromatic carbocycles. The lowest BCUT2D eigenvalue weighted by molar-refractivity contribution is -0.384. The highest BCUT2D eigenvalue weighted by Gasteiger charge is 2.28. The highest BCUT2D eigenvalue weighted by Crippen LogP contribution is 2.44. The number of amides is 1. The molecule has 0 bridgehead atoms. The Balaban J connectivity index is 1.28. The monoisotopic (exact) mass is 444 g/mol. The second-order valence-corrected chi connectivity index (χ2v) is 7.63. The Morgan fingerprint density at radius 3 is 2.36 bits per heavy atom. The Kier molecular flexibility index (Phi) is 6.69. The maximum Gasteiger partial charge on any atom is 0.407 e. The van der Waals surface area contributed by atoms with Crippen LogP contribution < -0.4 is 10.1 Å². The molecule has 4 rings (SSSR count). The van der Waals surface area contributed by atoms with E-state index in [0.717, 1.165) is 5.56 Å². The SMILES string of the molecule is COc1cc([N+](=O)[O-])ccc1C=CCCNC(=O)OCC1c2ccccc2-c2ccccc21. The van der Waals surface area contributed by atoms with E-state index in [1.165, 1.54) is 41.5 Å². The summed E-state index contributed by atoms with van der Waals surface area (Å²) in [4.78, 5) is 22.6. The molecule has 1 amide bonds. The van der Waals surface area contributed by atoms with Gasteiger partial charge in [0.1, 0.15) is 12.4 Å². The molecule has 0 saturated heterocycles. The van der Waals surface area contributed by atoms with E-state index in [2.05, 4.69) is 29.6 Å². The van der Waals surface area contributed by atoms with Crippen molar-refractivity contribution in [2.75, 3.05) is 20.3 Å². The van der Waals surface area contributed by atoms with E-state index >= 15 is 0 Å². The minimum atomic E-state index is -0.464. The van der Waals surface area contributed by atoms with Crippen molar-refractivity contribution in [3.63, 3.8) is 0 Å². The molecule has 168 valence electrons. The number of alkyl carbamates (subject to hydrolysis) is 1. The van der Waals surface area contributed by atoms with Crippen LogP contribution in [0.3, 0.4) is 0 Å². The van der Waals surface area contributed by atoms with Gasteiger partial charge < -0.3 is 14.8 Å². The van der Waals surface area contributed by atoms with Gasteiger partial charge in [-0.2, -0.15) is 0 Å². The largest absolute Gasteiger partial charge is 0.496 e. The Hall–Kier alpha value is -4.13. The molecule has 7 heteroatoms. The highest BCUT2D eigenvalue weighted by atomic mass is 16.6. The number of carbonyl (C=O) groups excluding carboxylic acids is 1. The van der Waals surface area contributed by atoms with E-state index < -0.39 is 11.0 Å². The number of rotatable bonds is 8. The van der Waals surface area contributed by atoms with E-state index in [0.29, 0.717) is 18.7 Å². The van der Waals surface area contributed by atoms with Gasteiger partial charge in [0.25, 0.3) is 5.69 Å². The third-order valence-electron chi connectivity index (χ3n) is 5.65. The number of nitro benzene ring substituents is 1. The van der Waals surface area contributed by atoms with E-state index in [1.807, 2.05) is 36.4 Å². The van der Waals surface area contributed by atoms with Crippen molar-refractivity contribution in [1.82, 2.24) is 5.32 Å². The van der Waals surface area contributed by atoms with E-state index in [1.54, 1.807) is 6.07 Å². The molecule has 0 atom stereocenters. The van der Waals surface area contributed by atoms with Gasteiger partial charge in [0.2, 0.25) is 0 Å². The molecule has 7 nitrogen and oxygen atoms in total. The molecule has 0 unspecified atom stereocenters. The molecule has 0 aliphatic heterocycles. The van der Waals surface area contributed by atoms with E-state index in [9.17, 15) is 14.9 Å². The third kappa shape index (κ3) is 4.87. The second kappa shape index (κ2) is 9.99. The van der Waals surface area contributed by atoms with Crippen LogP contribution in [0, 0.1) is 10.1 Å². The molecule has 0 radical (unpaired) electrons. The number of methoxy groups -OCH3 is 1. The number of benzene rings is 3. The van der Waals surface area contributed by atoms with Gasteiger partial charge in [-0.25, -0.2) is 4.79 Å². The summed E-state index contributed by atoms with van der Waals surface area (Å²) in [6.07, 6.45) is 3.79. The highest BCUT2D eigenvalue weighted by molar-refractivity contribution is 5.79. The van der Waals surface area contributed by atoms with Crippen molar-refractivity contribution in [3.8, 4) is 16.9 Å². The zero-order valence-corrected chi connectivity index (χ0v) is 18.2. The number of nitrogens with one attached hydrogen (secondary N) is 1. The number of carbonyl (C=O) groups is 1. The smallest absolute Gasteiger partial charge is 0.407 e. The number of ether oxygens (including phenoxy) is 2. The van der Waals surface area contributed by atoms with Crippen LogP contribution in [0.25, 0.3) is 17.2 Å². The maximum atomic E-state index is 12.2. The van der Waals surface area contributed by atoms with Crippen LogP contribution in [-0.4, -0.2) is 31.3 Å². The lowest BCUT2D eigenvalue weighted by Gasteiger charge is -2.14. The van der Waals surface area contributed by atoms with E-state index in [-0.39, 0.29) is 18.2 Å². The summed E-state index contributed by atoms with van der Waals surface area (Å²) in [6, 6.07) is 20.8. The zero-order valence-electron chi connectivity index (χ0n) is 18.2. The molecule has 1 aliphatic rings. The molecule has 0 saturated carbocycles. The van der Waals surface area contributed by atoms with Crippen LogP contribution in [-0.2, 0) is 4.74 Å². The van der Waals surface area contributed by atoms with Gasteiger partial charge in [0.05, 0.1) is 18.1 Å². The molecule has 1 N–H and O–H groups in total. The number of nitrogens with zero attached hydrogens (tertiary/aromatic N) is 1. The lowest BCUT2D eigenvalue weighted by atomic mass is 9.98. The number of hydrogen-bond donors (Lipinski definition) is 1. The zero-order chi connectivity index (χ0) is 23.2. The molecule has 0 aromatic heterocycles. The summed E-state index contributed by atoms with van der Waals surface area (Å²) in [6.45, 7) is 0.679. The minimum absolute atomic E-state index is 0.0256.